The molecule has 3 heterocycles. The summed E-state index contributed by atoms with van der Waals surface area (Å²) in [5, 5.41) is 4.92. The molecule has 2 N–H and O–H groups in total. The number of hydrogen-bond acceptors (Lipinski definition) is 5. The van der Waals surface area contributed by atoms with E-state index in [4.69, 9.17) is 4.74 Å². The highest BCUT2D eigenvalue weighted by Gasteiger charge is 2.26. The van der Waals surface area contributed by atoms with Crippen molar-refractivity contribution in [2.24, 2.45) is 0 Å². The van der Waals surface area contributed by atoms with Crippen molar-refractivity contribution in [3.8, 4) is 0 Å². The van der Waals surface area contributed by atoms with Gasteiger partial charge in [-0.1, -0.05) is 6.07 Å². The number of amides is 2. The summed E-state index contributed by atoms with van der Waals surface area (Å²) in [6.07, 6.45) is 0. The lowest BCUT2D eigenvalue weighted by Crippen LogP contribution is -3.15. The third-order valence-electron chi connectivity index (χ3n) is 5.43. The predicted octanol–water partition coefficient (Wildman–Crippen LogP) is 0.564. The predicted molar refractivity (Wildman–Crippen MR) is 114 cm³/mol. The zero-order chi connectivity index (χ0) is 20.1. The first-order valence-corrected chi connectivity index (χ1v) is 11.0. The Morgan fingerprint density at radius 1 is 1.03 bits per heavy atom. The summed E-state index contributed by atoms with van der Waals surface area (Å²) in [7, 11) is 0. The molecule has 2 aliphatic rings. The number of carbonyl (C=O) groups is 2. The van der Waals surface area contributed by atoms with Crippen molar-refractivity contribution in [1.82, 2.24) is 4.90 Å². The molecular formula is C21H27N4O3S+. The average Bonchev–Trinajstić information content (AvgIpc) is 3.30. The van der Waals surface area contributed by atoms with Gasteiger partial charge in [-0.15, -0.1) is 11.3 Å². The monoisotopic (exact) mass is 415 g/mol. The van der Waals surface area contributed by atoms with E-state index in [1.165, 1.54) is 16.2 Å². The zero-order valence-corrected chi connectivity index (χ0v) is 17.2. The van der Waals surface area contributed by atoms with Crippen molar-refractivity contribution >= 4 is 34.5 Å². The van der Waals surface area contributed by atoms with Crippen LogP contribution in [0.5, 0.6) is 0 Å². The van der Waals surface area contributed by atoms with Gasteiger partial charge in [0.1, 0.15) is 0 Å². The lowest BCUT2D eigenvalue weighted by atomic mass is 10.2. The number of piperazine rings is 1. The number of benzene rings is 1. The second-order valence-electron chi connectivity index (χ2n) is 7.39. The lowest BCUT2D eigenvalue weighted by Gasteiger charge is -2.31. The van der Waals surface area contributed by atoms with Crippen LogP contribution in [0.25, 0.3) is 0 Å². The maximum absolute atomic E-state index is 12.4. The largest absolute Gasteiger partial charge is 0.378 e. The Morgan fingerprint density at radius 2 is 1.76 bits per heavy atom. The fraction of sp³-hybridized carbons (Fsp3) is 0.429. The molecule has 0 atom stereocenters. The minimum Gasteiger partial charge on any atom is -0.378 e. The maximum atomic E-state index is 12.4. The van der Waals surface area contributed by atoms with Crippen molar-refractivity contribution in [2.45, 2.75) is 0 Å². The van der Waals surface area contributed by atoms with E-state index in [9.17, 15) is 9.59 Å². The van der Waals surface area contributed by atoms with Crippen molar-refractivity contribution < 1.29 is 19.2 Å². The molecule has 2 aliphatic heterocycles. The van der Waals surface area contributed by atoms with E-state index in [-0.39, 0.29) is 11.8 Å². The number of nitrogens with one attached hydrogen (secondary N) is 2. The molecule has 1 aromatic heterocycles. The molecule has 2 aromatic rings. The molecule has 0 aliphatic carbocycles. The molecule has 2 fully saturated rings. The number of rotatable bonds is 5. The van der Waals surface area contributed by atoms with Gasteiger partial charge in [-0.05, 0) is 35.7 Å². The van der Waals surface area contributed by atoms with Gasteiger partial charge in [-0.25, -0.2) is 0 Å². The molecule has 29 heavy (non-hydrogen) atoms. The molecule has 154 valence electrons. The van der Waals surface area contributed by atoms with Crippen LogP contribution in [0.15, 0.2) is 41.8 Å². The fourth-order valence-electron chi connectivity index (χ4n) is 3.77. The number of carbonyl (C=O) groups excluding carboxylic acids is 2. The molecule has 0 spiro atoms. The van der Waals surface area contributed by atoms with Gasteiger partial charge < -0.3 is 24.8 Å². The summed E-state index contributed by atoms with van der Waals surface area (Å²) in [4.78, 5) is 31.0. The molecule has 0 unspecified atom stereocenters. The van der Waals surface area contributed by atoms with Crippen LogP contribution in [0.2, 0.25) is 0 Å². The number of thiophene rings is 1. The van der Waals surface area contributed by atoms with Crippen LogP contribution in [0, 0.1) is 0 Å². The van der Waals surface area contributed by atoms with Crippen LogP contribution in [-0.2, 0) is 9.53 Å². The number of quaternary nitrogens is 1. The minimum absolute atomic E-state index is 0.0113. The molecule has 1 aromatic carbocycles. The van der Waals surface area contributed by atoms with Crippen LogP contribution in [0.4, 0.5) is 11.4 Å². The van der Waals surface area contributed by atoms with E-state index in [1.807, 2.05) is 46.7 Å². The van der Waals surface area contributed by atoms with Gasteiger partial charge in [0, 0.05) is 24.5 Å². The molecule has 2 saturated heterocycles. The van der Waals surface area contributed by atoms with Gasteiger partial charge in [0.2, 0.25) is 0 Å². The number of anilines is 2. The highest BCUT2D eigenvalue weighted by molar-refractivity contribution is 7.12. The van der Waals surface area contributed by atoms with Crippen molar-refractivity contribution in [1.29, 1.82) is 0 Å². The molecule has 0 bridgehead atoms. The highest BCUT2D eigenvalue weighted by atomic mass is 32.1. The highest BCUT2D eigenvalue weighted by Crippen LogP contribution is 2.19. The topological polar surface area (TPSA) is 66.3 Å². The van der Waals surface area contributed by atoms with Crippen LogP contribution in [0.3, 0.4) is 0 Å². The van der Waals surface area contributed by atoms with Crippen LogP contribution in [-0.4, -0.2) is 75.7 Å². The fourth-order valence-corrected chi connectivity index (χ4v) is 4.46. The van der Waals surface area contributed by atoms with E-state index in [2.05, 4.69) is 10.2 Å². The molecule has 0 radical (unpaired) electrons. The Morgan fingerprint density at radius 3 is 2.41 bits per heavy atom. The lowest BCUT2D eigenvalue weighted by molar-refractivity contribution is -0.895. The van der Waals surface area contributed by atoms with Crippen LogP contribution in [0.1, 0.15) is 9.67 Å². The molecular weight excluding hydrogens is 388 g/mol. The second kappa shape index (κ2) is 9.39. The van der Waals surface area contributed by atoms with Gasteiger partial charge in [0.25, 0.3) is 11.8 Å². The number of ether oxygens (including phenoxy) is 1. The maximum Gasteiger partial charge on any atom is 0.279 e. The van der Waals surface area contributed by atoms with Gasteiger partial charge in [-0.2, -0.15) is 0 Å². The summed E-state index contributed by atoms with van der Waals surface area (Å²) in [6, 6.07) is 11.8. The minimum atomic E-state index is 0.0113. The van der Waals surface area contributed by atoms with E-state index in [0.29, 0.717) is 19.6 Å². The van der Waals surface area contributed by atoms with E-state index >= 15 is 0 Å². The van der Waals surface area contributed by atoms with Gasteiger partial charge in [0.05, 0.1) is 44.3 Å². The smallest absolute Gasteiger partial charge is 0.279 e. The Hall–Kier alpha value is -2.42. The van der Waals surface area contributed by atoms with Gasteiger partial charge in [-0.3, -0.25) is 9.59 Å². The molecule has 4 rings (SSSR count). The molecule has 2 amide bonds. The van der Waals surface area contributed by atoms with Crippen molar-refractivity contribution in [2.75, 3.05) is 69.2 Å². The summed E-state index contributed by atoms with van der Waals surface area (Å²) >= 11 is 1.48. The van der Waals surface area contributed by atoms with Crippen LogP contribution >= 0.6 is 11.3 Å². The summed E-state index contributed by atoms with van der Waals surface area (Å²) in [6.45, 7) is 6.70. The first-order valence-electron chi connectivity index (χ1n) is 10.1. The Balaban J connectivity index is 1.22. The van der Waals surface area contributed by atoms with Gasteiger partial charge >= 0.3 is 0 Å². The Labute approximate surface area is 174 Å². The standard InChI is InChI=1S/C21H26N4O3S/c26-20(22-17-3-5-18(6-4-17)24-11-13-28-14-12-24)16-23-7-9-25(10-8-23)21(27)19-2-1-15-29-19/h1-6,15H,7-14,16H2,(H,22,26)/p+1. The van der Waals surface area contributed by atoms with E-state index < -0.39 is 0 Å². The third-order valence-corrected chi connectivity index (χ3v) is 6.29. The second-order valence-corrected chi connectivity index (χ2v) is 8.34. The number of nitrogens with zero attached hydrogens (tertiary/aromatic N) is 2. The van der Waals surface area contributed by atoms with E-state index in [1.54, 1.807) is 0 Å². The summed E-state index contributed by atoms with van der Waals surface area (Å²) < 4.78 is 5.39. The van der Waals surface area contributed by atoms with Gasteiger partial charge in [0.15, 0.2) is 6.54 Å². The third kappa shape index (κ3) is 5.14. The Kier molecular flexibility index (Phi) is 6.43. The molecule has 7 nitrogen and oxygen atoms in total. The van der Waals surface area contributed by atoms with E-state index in [0.717, 1.165) is 55.6 Å². The summed E-state index contributed by atoms with van der Waals surface area (Å²) in [5.41, 5.74) is 1.97. The first kappa shape index (κ1) is 19.9. The molecule has 8 heteroatoms. The zero-order valence-electron chi connectivity index (χ0n) is 16.4. The normalized spacial score (nSPS) is 17.9. The van der Waals surface area contributed by atoms with Crippen molar-refractivity contribution in [3.05, 3.63) is 46.7 Å². The number of hydrogen-bond donors (Lipinski definition) is 2. The SMILES string of the molecule is O=C(C[NH+]1CCN(C(=O)c2cccs2)CC1)Nc1ccc(N2CCOCC2)cc1. The average molecular weight is 416 g/mol. The first-order chi connectivity index (χ1) is 14.2. The Bertz CT molecular complexity index is 811. The quantitative estimate of drug-likeness (QED) is 0.749. The van der Waals surface area contributed by atoms with Crippen LogP contribution < -0.4 is 15.1 Å². The molecule has 0 saturated carbocycles. The van der Waals surface area contributed by atoms with Crippen molar-refractivity contribution in [3.63, 3.8) is 0 Å². The summed E-state index contributed by atoms with van der Waals surface area (Å²) in [5.74, 6) is 0.112. The number of morpholine rings is 1.